The highest BCUT2D eigenvalue weighted by Crippen LogP contribution is 2.25. The lowest BCUT2D eigenvalue weighted by Crippen LogP contribution is -1.88. The fraction of sp³-hybridized carbons (Fsp3) is 0.333. The van der Waals surface area contributed by atoms with E-state index in [1.807, 2.05) is 25.2 Å². The third-order valence-electron chi connectivity index (χ3n) is 2.66. The topological polar surface area (TPSA) is 34.4 Å². The standard InChI is InChI=1S/C12H15NO2/c1-13-8-9(5-6-14)11-7-10(15-2)3-4-12(11)13/h3-4,7-8,14H,5-6H2,1-2H3. The lowest BCUT2D eigenvalue weighted by Gasteiger charge is -2.01. The lowest BCUT2D eigenvalue weighted by molar-refractivity contribution is 0.300. The van der Waals surface area contributed by atoms with Crippen LogP contribution in [-0.2, 0) is 13.5 Å². The molecule has 0 saturated heterocycles. The minimum atomic E-state index is 0.177. The van der Waals surface area contributed by atoms with Crippen LogP contribution in [0, 0.1) is 0 Å². The molecule has 3 heteroatoms. The van der Waals surface area contributed by atoms with Crippen LogP contribution in [0.15, 0.2) is 24.4 Å². The SMILES string of the molecule is COc1ccc2c(c1)c(CCO)cn2C. The summed E-state index contributed by atoms with van der Waals surface area (Å²) in [7, 11) is 3.67. The maximum absolute atomic E-state index is 8.97. The quantitative estimate of drug-likeness (QED) is 0.828. The van der Waals surface area contributed by atoms with Gasteiger partial charge in [-0.3, -0.25) is 0 Å². The van der Waals surface area contributed by atoms with E-state index >= 15 is 0 Å². The molecule has 80 valence electrons. The van der Waals surface area contributed by atoms with Crippen molar-refractivity contribution in [1.29, 1.82) is 0 Å². The van der Waals surface area contributed by atoms with Crippen molar-refractivity contribution in [2.24, 2.45) is 7.05 Å². The molecule has 2 rings (SSSR count). The summed E-state index contributed by atoms with van der Waals surface area (Å²) in [6.07, 6.45) is 2.74. The van der Waals surface area contributed by atoms with Gasteiger partial charge in [0, 0.05) is 30.8 Å². The molecule has 0 aliphatic rings. The van der Waals surface area contributed by atoms with Crippen molar-refractivity contribution in [3.8, 4) is 5.75 Å². The maximum Gasteiger partial charge on any atom is 0.119 e. The number of nitrogens with zero attached hydrogens (tertiary/aromatic N) is 1. The smallest absolute Gasteiger partial charge is 0.119 e. The summed E-state index contributed by atoms with van der Waals surface area (Å²) in [6, 6.07) is 6.00. The zero-order valence-electron chi connectivity index (χ0n) is 9.03. The Labute approximate surface area is 88.9 Å². The number of aliphatic hydroxyl groups excluding tert-OH is 1. The molecule has 15 heavy (non-hydrogen) atoms. The summed E-state index contributed by atoms with van der Waals surface area (Å²) >= 11 is 0. The summed E-state index contributed by atoms with van der Waals surface area (Å²) in [4.78, 5) is 0. The van der Waals surface area contributed by atoms with Gasteiger partial charge in [-0.1, -0.05) is 0 Å². The number of rotatable bonds is 3. The number of hydrogen-bond donors (Lipinski definition) is 1. The second kappa shape index (κ2) is 3.95. The van der Waals surface area contributed by atoms with Crippen LogP contribution in [0.1, 0.15) is 5.56 Å². The van der Waals surface area contributed by atoms with Gasteiger partial charge in [-0.2, -0.15) is 0 Å². The third kappa shape index (κ3) is 1.70. The molecular formula is C12H15NO2. The van der Waals surface area contributed by atoms with E-state index < -0.39 is 0 Å². The van der Waals surface area contributed by atoms with Crippen molar-refractivity contribution in [3.05, 3.63) is 30.0 Å². The lowest BCUT2D eigenvalue weighted by atomic mass is 10.1. The summed E-state index contributed by atoms with van der Waals surface area (Å²) in [5.41, 5.74) is 2.33. The molecule has 0 aliphatic carbocycles. The maximum atomic E-state index is 8.97. The Morgan fingerprint density at radius 2 is 2.20 bits per heavy atom. The zero-order chi connectivity index (χ0) is 10.8. The van der Waals surface area contributed by atoms with E-state index in [2.05, 4.69) is 10.8 Å². The van der Waals surface area contributed by atoms with Gasteiger partial charge in [0.1, 0.15) is 5.75 Å². The predicted molar refractivity (Wildman–Crippen MR) is 60.3 cm³/mol. The molecule has 0 radical (unpaired) electrons. The van der Waals surface area contributed by atoms with Gasteiger partial charge in [0.25, 0.3) is 0 Å². The molecule has 0 amide bonds. The molecule has 1 aromatic heterocycles. The van der Waals surface area contributed by atoms with Crippen LogP contribution in [-0.4, -0.2) is 23.4 Å². The molecule has 0 atom stereocenters. The molecule has 1 heterocycles. The third-order valence-corrected chi connectivity index (χ3v) is 2.66. The summed E-state index contributed by atoms with van der Waals surface area (Å²) < 4.78 is 7.26. The normalized spacial score (nSPS) is 10.9. The van der Waals surface area contributed by atoms with Gasteiger partial charge in [-0.05, 0) is 30.2 Å². The Kier molecular flexibility index (Phi) is 2.64. The van der Waals surface area contributed by atoms with Crippen LogP contribution < -0.4 is 4.74 Å². The largest absolute Gasteiger partial charge is 0.497 e. The first-order valence-electron chi connectivity index (χ1n) is 4.99. The minimum Gasteiger partial charge on any atom is -0.497 e. The molecule has 3 nitrogen and oxygen atoms in total. The van der Waals surface area contributed by atoms with Crippen LogP contribution in [0.2, 0.25) is 0 Å². The number of hydrogen-bond acceptors (Lipinski definition) is 2. The van der Waals surface area contributed by atoms with E-state index in [-0.39, 0.29) is 6.61 Å². The Morgan fingerprint density at radius 1 is 1.40 bits per heavy atom. The molecule has 2 aromatic rings. The molecule has 0 aliphatic heterocycles. The predicted octanol–water partition coefficient (Wildman–Crippen LogP) is 1.72. The molecule has 0 fully saturated rings. The number of aliphatic hydroxyl groups is 1. The second-order valence-electron chi connectivity index (χ2n) is 3.62. The highest BCUT2D eigenvalue weighted by molar-refractivity contribution is 5.85. The highest BCUT2D eigenvalue weighted by atomic mass is 16.5. The Balaban J connectivity index is 2.60. The van der Waals surface area contributed by atoms with Crippen molar-refractivity contribution < 1.29 is 9.84 Å². The molecular weight excluding hydrogens is 190 g/mol. The van der Waals surface area contributed by atoms with E-state index in [0.717, 1.165) is 16.7 Å². The van der Waals surface area contributed by atoms with Crippen LogP contribution in [0.25, 0.3) is 10.9 Å². The summed E-state index contributed by atoms with van der Waals surface area (Å²) in [6.45, 7) is 0.177. The van der Waals surface area contributed by atoms with Gasteiger partial charge >= 0.3 is 0 Å². The first-order valence-corrected chi connectivity index (χ1v) is 4.99. The number of benzene rings is 1. The van der Waals surface area contributed by atoms with E-state index in [0.29, 0.717) is 6.42 Å². The Hall–Kier alpha value is -1.48. The van der Waals surface area contributed by atoms with Crippen LogP contribution in [0.4, 0.5) is 0 Å². The van der Waals surface area contributed by atoms with E-state index in [1.54, 1.807) is 7.11 Å². The van der Waals surface area contributed by atoms with Gasteiger partial charge < -0.3 is 14.4 Å². The first kappa shape index (κ1) is 10.1. The molecule has 1 N–H and O–H groups in total. The molecule has 0 bridgehead atoms. The van der Waals surface area contributed by atoms with Crippen LogP contribution >= 0.6 is 0 Å². The van der Waals surface area contributed by atoms with Gasteiger partial charge in [0.2, 0.25) is 0 Å². The van der Waals surface area contributed by atoms with E-state index in [1.165, 1.54) is 5.52 Å². The van der Waals surface area contributed by atoms with Gasteiger partial charge in [0.05, 0.1) is 7.11 Å². The highest BCUT2D eigenvalue weighted by Gasteiger charge is 2.06. The van der Waals surface area contributed by atoms with Gasteiger partial charge in [-0.15, -0.1) is 0 Å². The van der Waals surface area contributed by atoms with E-state index in [4.69, 9.17) is 9.84 Å². The van der Waals surface area contributed by atoms with Crippen molar-refractivity contribution in [3.63, 3.8) is 0 Å². The first-order chi connectivity index (χ1) is 7.26. The van der Waals surface area contributed by atoms with Gasteiger partial charge in [0.15, 0.2) is 0 Å². The monoisotopic (exact) mass is 205 g/mol. The fourth-order valence-electron chi connectivity index (χ4n) is 1.90. The molecule has 0 unspecified atom stereocenters. The summed E-state index contributed by atoms with van der Waals surface area (Å²) in [5, 5.41) is 10.1. The van der Waals surface area contributed by atoms with Crippen LogP contribution in [0.5, 0.6) is 5.75 Å². The van der Waals surface area contributed by atoms with E-state index in [9.17, 15) is 0 Å². The molecule has 0 saturated carbocycles. The van der Waals surface area contributed by atoms with Crippen molar-refractivity contribution in [2.75, 3.05) is 13.7 Å². The molecule has 0 spiro atoms. The van der Waals surface area contributed by atoms with Crippen molar-refractivity contribution >= 4 is 10.9 Å². The summed E-state index contributed by atoms with van der Waals surface area (Å²) in [5.74, 6) is 0.855. The molecule has 1 aromatic carbocycles. The van der Waals surface area contributed by atoms with Crippen LogP contribution in [0.3, 0.4) is 0 Å². The fourth-order valence-corrected chi connectivity index (χ4v) is 1.90. The van der Waals surface area contributed by atoms with Crippen molar-refractivity contribution in [1.82, 2.24) is 4.57 Å². The minimum absolute atomic E-state index is 0.177. The van der Waals surface area contributed by atoms with Gasteiger partial charge in [-0.25, -0.2) is 0 Å². The Morgan fingerprint density at radius 3 is 2.87 bits per heavy atom. The number of ether oxygens (including phenoxy) is 1. The Bertz CT molecular complexity index is 474. The number of aromatic nitrogens is 1. The zero-order valence-corrected chi connectivity index (χ0v) is 9.03. The average Bonchev–Trinajstić information content (AvgIpc) is 2.56. The number of methoxy groups -OCH3 is 1. The number of fused-ring (bicyclic) bond motifs is 1. The second-order valence-corrected chi connectivity index (χ2v) is 3.62. The number of aryl methyl sites for hydroxylation is 1. The average molecular weight is 205 g/mol. The van der Waals surface area contributed by atoms with Crippen molar-refractivity contribution in [2.45, 2.75) is 6.42 Å².